The van der Waals surface area contributed by atoms with Gasteiger partial charge in [-0.05, 0) is 42.4 Å². The van der Waals surface area contributed by atoms with Crippen molar-refractivity contribution in [2.45, 2.75) is 44.3 Å². The fourth-order valence-corrected chi connectivity index (χ4v) is 6.96. The van der Waals surface area contributed by atoms with Gasteiger partial charge in [-0.25, -0.2) is 4.79 Å². The van der Waals surface area contributed by atoms with Gasteiger partial charge in [-0.2, -0.15) is 0 Å². The number of Topliss-reactive ketones (excluding diaryl/α,β-unsaturated/α-hetero) is 1. The fourth-order valence-electron chi connectivity index (χ4n) is 6.96. The molecule has 3 heterocycles. The molecule has 0 saturated carbocycles. The Balaban J connectivity index is 1.61. The van der Waals surface area contributed by atoms with Crippen molar-refractivity contribution in [2.75, 3.05) is 39.3 Å². The number of rotatable bonds is 7. The first-order valence-electron chi connectivity index (χ1n) is 13.1. The number of benzene rings is 2. The van der Waals surface area contributed by atoms with Crippen LogP contribution in [0.25, 0.3) is 0 Å². The number of carbonyl (C=O) groups is 2. The van der Waals surface area contributed by atoms with Crippen LogP contribution < -0.4 is 9.64 Å². The molecule has 0 aliphatic carbocycles. The maximum Gasteiger partial charge on any atom is 0.337 e. The number of nitrogens with zero attached hydrogens (tertiary/aromatic N) is 2. The van der Waals surface area contributed by atoms with Crippen molar-refractivity contribution >= 4 is 17.4 Å². The monoisotopic (exact) mass is 504 g/mol. The highest BCUT2D eigenvalue weighted by molar-refractivity contribution is 6.16. The molecule has 37 heavy (non-hydrogen) atoms. The third-order valence-corrected chi connectivity index (χ3v) is 8.68. The van der Waals surface area contributed by atoms with Crippen LogP contribution in [0.1, 0.15) is 42.1 Å². The summed E-state index contributed by atoms with van der Waals surface area (Å²) < 4.78 is 16.2. The third kappa shape index (κ3) is 4.00. The van der Waals surface area contributed by atoms with Crippen molar-refractivity contribution < 1.29 is 23.8 Å². The number of hydrogen-bond acceptors (Lipinski definition) is 7. The topological polar surface area (TPSA) is 68.3 Å². The zero-order chi connectivity index (χ0) is 26.2. The summed E-state index contributed by atoms with van der Waals surface area (Å²) in [6, 6.07) is 16.1. The highest BCUT2D eigenvalue weighted by Crippen LogP contribution is 2.54. The highest BCUT2D eigenvalue weighted by atomic mass is 16.5. The number of esters is 1. The summed E-state index contributed by atoms with van der Waals surface area (Å²) in [6.45, 7) is 4.44. The number of methoxy groups -OCH3 is 3. The Morgan fingerprint density at radius 2 is 1.89 bits per heavy atom. The molecule has 2 fully saturated rings. The molecule has 0 amide bonds. The predicted molar refractivity (Wildman–Crippen MR) is 142 cm³/mol. The molecule has 7 nitrogen and oxygen atoms in total. The van der Waals surface area contributed by atoms with Crippen molar-refractivity contribution in [3.8, 4) is 5.75 Å². The first-order chi connectivity index (χ1) is 18.0. The van der Waals surface area contributed by atoms with Crippen molar-refractivity contribution in [3.63, 3.8) is 0 Å². The number of anilines is 1. The van der Waals surface area contributed by atoms with E-state index in [9.17, 15) is 9.59 Å². The second-order valence-corrected chi connectivity index (χ2v) is 10.3. The van der Waals surface area contributed by atoms with E-state index in [-0.39, 0.29) is 29.6 Å². The van der Waals surface area contributed by atoms with E-state index in [1.807, 2.05) is 36.4 Å². The van der Waals surface area contributed by atoms with E-state index in [1.165, 1.54) is 13.4 Å². The van der Waals surface area contributed by atoms with E-state index in [4.69, 9.17) is 14.2 Å². The fraction of sp³-hybridized carbons (Fsp3) is 0.467. The molecule has 1 spiro atoms. The van der Waals surface area contributed by atoms with Gasteiger partial charge in [0.1, 0.15) is 11.3 Å². The van der Waals surface area contributed by atoms with E-state index in [0.29, 0.717) is 29.9 Å². The molecule has 3 aliphatic heterocycles. The number of piperidine rings is 1. The van der Waals surface area contributed by atoms with E-state index in [0.717, 1.165) is 37.2 Å². The molecule has 2 aromatic rings. The van der Waals surface area contributed by atoms with Crippen LogP contribution in [0.15, 0.2) is 60.4 Å². The minimum Gasteiger partial charge on any atom is -0.504 e. The summed E-state index contributed by atoms with van der Waals surface area (Å²) >= 11 is 0. The lowest BCUT2D eigenvalue weighted by Gasteiger charge is -2.48. The largest absolute Gasteiger partial charge is 0.504 e. The van der Waals surface area contributed by atoms with Gasteiger partial charge in [-0.3, -0.25) is 9.69 Å². The maximum atomic E-state index is 14.5. The molecule has 5 rings (SSSR count). The van der Waals surface area contributed by atoms with Crippen LogP contribution in [0.5, 0.6) is 5.75 Å². The zero-order valence-corrected chi connectivity index (χ0v) is 22.1. The standard InChI is InChI=1S/C30H36N2O5/c1-5-21-18-31-15-14-30(26(31)16-22(21)23(19-35-2)29(34)37-4)28(33)27-24(12-9-13-25(27)36-3)32(30)17-20-10-7-6-8-11-20/h6-13,19,21-22,26H,5,14-18H2,1-4H3/t21-,22+,26?,30+/m1/s1. The lowest BCUT2D eigenvalue weighted by Crippen LogP contribution is -2.61. The van der Waals surface area contributed by atoms with Crippen molar-refractivity contribution in [1.29, 1.82) is 0 Å². The van der Waals surface area contributed by atoms with Gasteiger partial charge in [-0.1, -0.05) is 49.7 Å². The normalized spacial score (nSPS) is 27.2. The maximum absolute atomic E-state index is 14.5. The van der Waals surface area contributed by atoms with Crippen molar-refractivity contribution in [1.82, 2.24) is 4.90 Å². The molecule has 0 bridgehead atoms. The molecular weight excluding hydrogens is 468 g/mol. The minimum absolute atomic E-state index is 0.0569. The molecule has 0 aromatic heterocycles. The summed E-state index contributed by atoms with van der Waals surface area (Å²) in [7, 11) is 4.59. The summed E-state index contributed by atoms with van der Waals surface area (Å²) in [6.07, 6.45) is 3.86. The van der Waals surface area contributed by atoms with Gasteiger partial charge < -0.3 is 19.1 Å². The Morgan fingerprint density at radius 3 is 2.57 bits per heavy atom. The van der Waals surface area contributed by atoms with E-state index >= 15 is 0 Å². The predicted octanol–water partition coefficient (Wildman–Crippen LogP) is 4.46. The second kappa shape index (κ2) is 10.2. The number of hydrogen-bond donors (Lipinski definition) is 0. The summed E-state index contributed by atoms with van der Waals surface area (Å²) in [5, 5.41) is 0. The number of carbonyl (C=O) groups excluding carboxylic acids is 2. The van der Waals surface area contributed by atoms with Crippen LogP contribution in [0.4, 0.5) is 5.69 Å². The second-order valence-electron chi connectivity index (χ2n) is 10.3. The van der Waals surface area contributed by atoms with Gasteiger partial charge in [-0.15, -0.1) is 0 Å². The van der Waals surface area contributed by atoms with Crippen LogP contribution in [-0.2, 0) is 20.8 Å². The SMILES string of the molecule is CC[C@@H]1CN2CC[C@@]3(C(=O)c4c(OC)cccc4N3Cc3ccccc3)C2C[C@@H]1C(=COC)C(=O)OC. The molecule has 0 radical (unpaired) electrons. The number of ketones is 1. The van der Waals surface area contributed by atoms with Gasteiger partial charge in [0, 0.05) is 25.7 Å². The molecule has 3 aliphatic rings. The van der Waals surface area contributed by atoms with Crippen LogP contribution in [0, 0.1) is 11.8 Å². The highest BCUT2D eigenvalue weighted by Gasteiger charge is 2.63. The van der Waals surface area contributed by atoms with Crippen LogP contribution >= 0.6 is 0 Å². The van der Waals surface area contributed by atoms with Gasteiger partial charge >= 0.3 is 5.97 Å². The molecule has 7 heteroatoms. The molecule has 1 unspecified atom stereocenters. The Hall–Kier alpha value is -3.32. The Kier molecular flexibility index (Phi) is 6.99. The summed E-state index contributed by atoms with van der Waals surface area (Å²) in [4.78, 5) is 32.1. The lowest BCUT2D eigenvalue weighted by atomic mass is 9.71. The molecule has 196 valence electrons. The average molecular weight is 505 g/mol. The van der Waals surface area contributed by atoms with Gasteiger partial charge in [0.15, 0.2) is 5.78 Å². The molecule has 2 aromatic carbocycles. The molecule has 2 saturated heterocycles. The first-order valence-corrected chi connectivity index (χ1v) is 13.1. The molecule has 0 N–H and O–H groups in total. The van der Waals surface area contributed by atoms with Gasteiger partial charge in [0.25, 0.3) is 0 Å². The van der Waals surface area contributed by atoms with E-state index < -0.39 is 5.54 Å². The Bertz CT molecular complexity index is 1200. The summed E-state index contributed by atoms with van der Waals surface area (Å²) in [5.74, 6) is 0.569. The van der Waals surface area contributed by atoms with Crippen LogP contribution in [-0.4, -0.2) is 62.7 Å². The minimum atomic E-state index is -0.738. The van der Waals surface area contributed by atoms with Gasteiger partial charge in [0.05, 0.1) is 44.4 Å². The van der Waals surface area contributed by atoms with Crippen molar-refractivity contribution in [3.05, 3.63) is 71.5 Å². The first kappa shape index (κ1) is 25.3. The van der Waals surface area contributed by atoms with Gasteiger partial charge in [0.2, 0.25) is 0 Å². The van der Waals surface area contributed by atoms with Crippen LogP contribution in [0.3, 0.4) is 0 Å². The van der Waals surface area contributed by atoms with Crippen molar-refractivity contribution in [2.24, 2.45) is 11.8 Å². The number of fused-ring (bicyclic) bond motifs is 3. The number of ether oxygens (including phenoxy) is 3. The van der Waals surface area contributed by atoms with Crippen LogP contribution in [0.2, 0.25) is 0 Å². The molecule has 4 atom stereocenters. The Morgan fingerprint density at radius 1 is 1.11 bits per heavy atom. The zero-order valence-electron chi connectivity index (χ0n) is 22.1. The van der Waals surface area contributed by atoms with E-state index in [2.05, 4.69) is 28.9 Å². The Labute approximate surface area is 219 Å². The third-order valence-electron chi connectivity index (χ3n) is 8.68. The van der Waals surface area contributed by atoms with E-state index in [1.54, 1.807) is 14.2 Å². The lowest BCUT2D eigenvalue weighted by molar-refractivity contribution is -0.137. The smallest absolute Gasteiger partial charge is 0.337 e. The average Bonchev–Trinajstić information content (AvgIpc) is 3.42. The summed E-state index contributed by atoms with van der Waals surface area (Å²) in [5.41, 5.74) is 2.55. The quantitative estimate of drug-likeness (QED) is 0.313. The molecular formula is C30H36N2O5.